The predicted octanol–water partition coefficient (Wildman–Crippen LogP) is 3.77. The van der Waals surface area contributed by atoms with Crippen LogP contribution in [-0.2, 0) is 4.79 Å². The molecule has 1 saturated heterocycles. The molecule has 0 spiro atoms. The van der Waals surface area contributed by atoms with Crippen molar-refractivity contribution >= 4 is 17.4 Å². The van der Waals surface area contributed by atoms with Gasteiger partial charge in [0.1, 0.15) is 0 Å². The Labute approximate surface area is 161 Å². The van der Waals surface area contributed by atoms with Crippen molar-refractivity contribution < 1.29 is 9.59 Å². The minimum Gasteiger partial charge on any atom is -0.336 e. The lowest BCUT2D eigenvalue weighted by Gasteiger charge is -2.34. The molecule has 27 heavy (non-hydrogen) atoms. The van der Waals surface area contributed by atoms with Crippen molar-refractivity contribution in [1.82, 2.24) is 9.80 Å². The molecule has 0 radical (unpaired) electrons. The smallest absolute Gasteiger partial charge is 0.253 e. The van der Waals surface area contributed by atoms with Crippen molar-refractivity contribution in [2.24, 2.45) is 0 Å². The minimum absolute atomic E-state index is 0.0263. The number of hydrogen-bond acceptors (Lipinski definition) is 2. The Morgan fingerprint density at radius 3 is 2.15 bits per heavy atom. The number of rotatable bonds is 4. The Kier molecular flexibility index (Phi) is 6.07. The van der Waals surface area contributed by atoms with Crippen LogP contribution in [0.15, 0.2) is 60.7 Å². The van der Waals surface area contributed by atoms with Crippen LogP contribution in [0.5, 0.6) is 0 Å². The molecule has 2 amide bonds. The second-order valence-corrected chi connectivity index (χ2v) is 6.88. The van der Waals surface area contributed by atoms with Crippen LogP contribution < -0.4 is 0 Å². The van der Waals surface area contributed by atoms with E-state index in [-0.39, 0.29) is 11.8 Å². The van der Waals surface area contributed by atoms with E-state index >= 15 is 0 Å². The highest BCUT2D eigenvalue weighted by Crippen LogP contribution is 2.18. The molecular weight excluding hydrogens is 336 g/mol. The highest BCUT2D eigenvalue weighted by Gasteiger charge is 2.24. The van der Waals surface area contributed by atoms with Gasteiger partial charge in [-0.05, 0) is 36.6 Å². The zero-order valence-electron chi connectivity index (χ0n) is 16.0. The monoisotopic (exact) mass is 362 g/mol. The second-order valence-electron chi connectivity index (χ2n) is 6.88. The number of hydrogen-bond donors (Lipinski definition) is 0. The van der Waals surface area contributed by atoms with Crippen LogP contribution in [0, 0.1) is 6.92 Å². The fourth-order valence-electron chi connectivity index (χ4n) is 3.37. The average Bonchev–Trinajstić information content (AvgIpc) is 2.72. The molecule has 1 aliphatic heterocycles. The largest absolute Gasteiger partial charge is 0.336 e. The maximum absolute atomic E-state index is 12.7. The molecule has 0 bridgehead atoms. The molecule has 0 aliphatic carbocycles. The third-order valence-electron chi connectivity index (χ3n) is 4.97. The first kappa shape index (κ1) is 18.9. The van der Waals surface area contributed by atoms with Crippen molar-refractivity contribution in [2.45, 2.75) is 20.3 Å². The summed E-state index contributed by atoms with van der Waals surface area (Å²) < 4.78 is 0. The number of carbonyl (C=O) groups excluding carboxylic acids is 2. The van der Waals surface area contributed by atoms with Gasteiger partial charge in [0, 0.05) is 37.8 Å². The van der Waals surface area contributed by atoms with E-state index in [9.17, 15) is 9.59 Å². The van der Waals surface area contributed by atoms with Crippen LogP contribution in [0.25, 0.3) is 5.57 Å². The van der Waals surface area contributed by atoms with Crippen molar-refractivity contribution in [2.75, 3.05) is 26.2 Å². The van der Waals surface area contributed by atoms with E-state index in [0.29, 0.717) is 31.7 Å². The number of allylic oxidation sites excluding steroid dienone is 1. The summed E-state index contributed by atoms with van der Waals surface area (Å²) >= 11 is 0. The van der Waals surface area contributed by atoms with Gasteiger partial charge in [0.25, 0.3) is 5.91 Å². The summed E-state index contributed by atoms with van der Waals surface area (Å²) in [6.45, 7) is 6.32. The molecule has 1 aliphatic rings. The molecule has 4 nitrogen and oxygen atoms in total. The van der Waals surface area contributed by atoms with E-state index in [4.69, 9.17) is 0 Å². The Balaban J connectivity index is 1.62. The molecule has 0 unspecified atom stereocenters. The first-order valence-electron chi connectivity index (χ1n) is 9.49. The fourth-order valence-corrected chi connectivity index (χ4v) is 3.37. The number of amides is 2. The first-order chi connectivity index (χ1) is 13.1. The van der Waals surface area contributed by atoms with Crippen molar-refractivity contribution in [3.05, 3.63) is 77.4 Å². The van der Waals surface area contributed by atoms with E-state index in [1.54, 1.807) is 6.08 Å². The summed E-state index contributed by atoms with van der Waals surface area (Å²) in [6, 6.07) is 17.7. The van der Waals surface area contributed by atoms with Gasteiger partial charge < -0.3 is 9.80 Å². The Morgan fingerprint density at radius 1 is 0.889 bits per heavy atom. The second kappa shape index (κ2) is 8.67. The fraction of sp³-hybridized carbons (Fsp3) is 0.304. The number of aryl methyl sites for hydroxylation is 1. The van der Waals surface area contributed by atoms with Gasteiger partial charge in [-0.25, -0.2) is 0 Å². The SMILES string of the molecule is CC/C(=C\C(=O)N1CCN(C(=O)c2cccc(C)c2)CC1)c1ccccc1. The van der Waals surface area contributed by atoms with Gasteiger partial charge in [0.2, 0.25) is 5.91 Å². The van der Waals surface area contributed by atoms with E-state index in [2.05, 4.69) is 6.92 Å². The lowest BCUT2D eigenvalue weighted by Crippen LogP contribution is -2.50. The standard InChI is InChI=1S/C23H26N2O2/c1-3-19(20-9-5-4-6-10-20)17-22(26)24-12-14-25(15-13-24)23(27)21-11-7-8-18(2)16-21/h4-11,16-17H,3,12-15H2,1-2H3/b19-17+. The van der Waals surface area contributed by atoms with E-state index < -0.39 is 0 Å². The first-order valence-corrected chi connectivity index (χ1v) is 9.49. The van der Waals surface area contributed by atoms with Gasteiger partial charge in [0.15, 0.2) is 0 Å². The lowest BCUT2D eigenvalue weighted by atomic mass is 10.0. The van der Waals surface area contributed by atoms with Crippen molar-refractivity contribution in [1.29, 1.82) is 0 Å². The summed E-state index contributed by atoms with van der Waals surface area (Å²) in [5.74, 6) is 0.0678. The molecule has 3 rings (SSSR count). The van der Waals surface area contributed by atoms with E-state index in [0.717, 1.165) is 23.1 Å². The minimum atomic E-state index is 0.0263. The Bertz CT molecular complexity index is 834. The highest BCUT2D eigenvalue weighted by molar-refractivity contribution is 5.96. The van der Waals surface area contributed by atoms with Crippen LogP contribution in [0.3, 0.4) is 0 Å². The predicted molar refractivity (Wildman–Crippen MR) is 108 cm³/mol. The van der Waals surface area contributed by atoms with Gasteiger partial charge in [-0.15, -0.1) is 0 Å². The van der Waals surface area contributed by atoms with Gasteiger partial charge >= 0.3 is 0 Å². The van der Waals surface area contributed by atoms with Gasteiger partial charge in [-0.1, -0.05) is 55.0 Å². The molecule has 0 N–H and O–H groups in total. The number of carbonyl (C=O) groups is 2. The van der Waals surface area contributed by atoms with Crippen LogP contribution in [0.4, 0.5) is 0 Å². The summed E-state index contributed by atoms with van der Waals surface area (Å²) in [5.41, 5.74) is 3.92. The zero-order valence-corrected chi connectivity index (χ0v) is 16.0. The number of piperazine rings is 1. The normalized spacial score (nSPS) is 15.0. The summed E-state index contributed by atoms with van der Waals surface area (Å²) in [6.07, 6.45) is 2.55. The maximum Gasteiger partial charge on any atom is 0.253 e. The molecule has 0 atom stereocenters. The Morgan fingerprint density at radius 2 is 1.52 bits per heavy atom. The quantitative estimate of drug-likeness (QED) is 0.777. The molecule has 2 aromatic carbocycles. The third kappa shape index (κ3) is 4.64. The van der Waals surface area contributed by atoms with Gasteiger partial charge in [-0.3, -0.25) is 9.59 Å². The Hall–Kier alpha value is -2.88. The van der Waals surface area contributed by atoms with Crippen LogP contribution in [0.2, 0.25) is 0 Å². The van der Waals surface area contributed by atoms with Gasteiger partial charge in [-0.2, -0.15) is 0 Å². The van der Waals surface area contributed by atoms with Crippen molar-refractivity contribution in [3.8, 4) is 0 Å². The molecule has 2 aromatic rings. The molecule has 1 fully saturated rings. The van der Waals surface area contributed by atoms with Crippen LogP contribution in [-0.4, -0.2) is 47.8 Å². The molecule has 0 saturated carbocycles. The third-order valence-corrected chi connectivity index (χ3v) is 4.97. The highest BCUT2D eigenvalue weighted by atomic mass is 16.2. The average molecular weight is 362 g/mol. The summed E-state index contributed by atoms with van der Waals surface area (Å²) in [7, 11) is 0. The van der Waals surface area contributed by atoms with Gasteiger partial charge in [0.05, 0.1) is 0 Å². The van der Waals surface area contributed by atoms with Crippen LogP contribution >= 0.6 is 0 Å². The maximum atomic E-state index is 12.7. The molecule has 140 valence electrons. The van der Waals surface area contributed by atoms with Crippen molar-refractivity contribution in [3.63, 3.8) is 0 Å². The number of benzene rings is 2. The zero-order chi connectivity index (χ0) is 19.2. The molecule has 0 aromatic heterocycles. The summed E-state index contributed by atoms with van der Waals surface area (Å²) in [5, 5.41) is 0. The lowest BCUT2D eigenvalue weighted by molar-refractivity contribution is -0.127. The van der Waals surface area contributed by atoms with E-state index in [1.807, 2.05) is 71.3 Å². The molecular formula is C23H26N2O2. The van der Waals surface area contributed by atoms with Crippen LogP contribution in [0.1, 0.15) is 34.8 Å². The number of nitrogens with zero attached hydrogens (tertiary/aromatic N) is 2. The molecule has 4 heteroatoms. The van der Waals surface area contributed by atoms with E-state index in [1.165, 1.54) is 0 Å². The topological polar surface area (TPSA) is 40.6 Å². The summed E-state index contributed by atoms with van der Waals surface area (Å²) in [4.78, 5) is 29.0. The molecule has 1 heterocycles.